The van der Waals surface area contributed by atoms with Gasteiger partial charge in [-0.05, 0) is 50.1 Å². The number of nitrogens with zero attached hydrogens (tertiary/aromatic N) is 2. The molecular formula is C23H31N5O4S. The Balaban J connectivity index is 1.85. The van der Waals surface area contributed by atoms with Gasteiger partial charge in [0.25, 0.3) is 5.91 Å². The first-order chi connectivity index (χ1) is 15.7. The molecule has 178 valence electrons. The van der Waals surface area contributed by atoms with Crippen molar-refractivity contribution in [3.63, 3.8) is 0 Å². The second kappa shape index (κ2) is 10.4. The van der Waals surface area contributed by atoms with Crippen LogP contribution in [0.1, 0.15) is 26.3 Å². The SMILES string of the molecule is CN[C@@H](C)C(=O)N[C@H](C(=O)N1c2ncccc2C[C@H]1CNS(=O)(=O)c1ccccc1)C(C)C. The van der Waals surface area contributed by atoms with Gasteiger partial charge in [0.15, 0.2) is 0 Å². The van der Waals surface area contributed by atoms with E-state index in [4.69, 9.17) is 0 Å². The molecule has 0 bridgehead atoms. The lowest BCUT2D eigenvalue weighted by molar-refractivity contribution is -0.129. The largest absolute Gasteiger partial charge is 0.343 e. The zero-order chi connectivity index (χ0) is 24.2. The van der Waals surface area contributed by atoms with E-state index in [1.165, 1.54) is 17.0 Å². The number of sulfonamides is 1. The van der Waals surface area contributed by atoms with Gasteiger partial charge >= 0.3 is 0 Å². The molecule has 0 unspecified atom stereocenters. The highest BCUT2D eigenvalue weighted by atomic mass is 32.2. The molecule has 2 heterocycles. The summed E-state index contributed by atoms with van der Waals surface area (Å²) in [5.74, 6) is -0.290. The van der Waals surface area contributed by atoms with Crippen LogP contribution in [0.5, 0.6) is 0 Å². The summed E-state index contributed by atoms with van der Waals surface area (Å²) in [5.41, 5.74) is 0.854. The van der Waals surface area contributed by atoms with Crippen molar-refractivity contribution in [1.29, 1.82) is 0 Å². The second-order valence-electron chi connectivity index (χ2n) is 8.46. The van der Waals surface area contributed by atoms with Crippen LogP contribution in [0.3, 0.4) is 0 Å². The Bertz CT molecular complexity index is 1090. The molecule has 3 N–H and O–H groups in total. The van der Waals surface area contributed by atoms with Crippen LogP contribution in [0.4, 0.5) is 5.82 Å². The molecule has 10 heteroatoms. The molecule has 2 amide bonds. The average molecular weight is 474 g/mol. The van der Waals surface area contributed by atoms with Gasteiger partial charge in [-0.15, -0.1) is 0 Å². The van der Waals surface area contributed by atoms with Crippen molar-refractivity contribution >= 4 is 27.7 Å². The lowest BCUT2D eigenvalue weighted by atomic mass is 10.0. The highest BCUT2D eigenvalue weighted by molar-refractivity contribution is 7.89. The Kier molecular flexibility index (Phi) is 7.83. The second-order valence-corrected chi connectivity index (χ2v) is 10.2. The molecule has 3 atom stereocenters. The number of amides is 2. The zero-order valence-electron chi connectivity index (χ0n) is 19.3. The van der Waals surface area contributed by atoms with Crippen molar-refractivity contribution in [2.75, 3.05) is 18.5 Å². The third kappa shape index (κ3) is 5.58. The molecule has 1 aliphatic heterocycles. The van der Waals surface area contributed by atoms with Gasteiger partial charge < -0.3 is 10.6 Å². The molecule has 3 rings (SSSR count). The molecule has 1 aromatic heterocycles. The summed E-state index contributed by atoms with van der Waals surface area (Å²) in [6.07, 6.45) is 2.06. The molecule has 0 radical (unpaired) electrons. The molecule has 0 saturated carbocycles. The van der Waals surface area contributed by atoms with E-state index in [0.717, 1.165) is 5.56 Å². The predicted octanol–water partition coefficient (Wildman–Crippen LogP) is 1.07. The molecule has 0 fully saturated rings. The number of fused-ring (bicyclic) bond motifs is 1. The molecule has 0 aliphatic carbocycles. The summed E-state index contributed by atoms with van der Waals surface area (Å²) in [6.45, 7) is 5.45. The van der Waals surface area contributed by atoms with E-state index >= 15 is 0 Å². The fraction of sp³-hybridized carbons (Fsp3) is 0.435. The Hall–Kier alpha value is -2.82. The normalized spacial score (nSPS) is 17.5. The number of pyridine rings is 1. The van der Waals surface area contributed by atoms with Gasteiger partial charge in [-0.1, -0.05) is 38.1 Å². The lowest BCUT2D eigenvalue weighted by Crippen LogP contribution is -2.57. The highest BCUT2D eigenvalue weighted by Crippen LogP contribution is 2.31. The van der Waals surface area contributed by atoms with E-state index in [2.05, 4.69) is 20.3 Å². The molecule has 33 heavy (non-hydrogen) atoms. The summed E-state index contributed by atoms with van der Waals surface area (Å²) in [6, 6.07) is 10.0. The van der Waals surface area contributed by atoms with Crippen LogP contribution in [-0.4, -0.2) is 56.9 Å². The first kappa shape index (κ1) is 24.8. The molecule has 1 aliphatic rings. The Morgan fingerprint density at radius 2 is 1.82 bits per heavy atom. The smallest absolute Gasteiger partial charge is 0.251 e. The Labute approximate surface area is 195 Å². The number of hydrogen-bond donors (Lipinski definition) is 3. The van der Waals surface area contributed by atoms with Crippen LogP contribution in [0.2, 0.25) is 0 Å². The van der Waals surface area contributed by atoms with Crippen LogP contribution in [-0.2, 0) is 26.0 Å². The van der Waals surface area contributed by atoms with Crippen LogP contribution in [0.15, 0.2) is 53.6 Å². The Morgan fingerprint density at radius 1 is 1.12 bits per heavy atom. The van der Waals surface area contributed by atoms with E-state index in [1.54, 1.807) is 44.4 Å². The average Bonchev–Trinajstić information content (AvgIpc) is 3.19. The van der Waals surface area contributed by atoms with Crippen molar-refractivity contribution in [2.24, 2.45) is 5.92 Å². The third-order valence-corrected chi connectivity index (χ3v) is 7.21. The molecule has 1 aromatic carbocycles. The van der Waals surface area contributed by atoms with Gasteiger partial charge in [0.2, 0.25) is 15.9 Å². The number of rotatable bonds is 9. The van der Waals surface area contributed by atoms with Gasteiger partial charge in [-0.3, -0.25) is 14.5 Å². The molecule has 0 spiro atoms. The van der Waals surface area contributed by atoms with Crippen LogP contribution in [0, 0.1) is 5.92 Å². The minimum absolute atomic E-state index is 0.0189. The van der Waals surface area contributed by atoms with E-state index in [1.807, 2.05) is 19.9 Å². The topological polar surface area (TPSA) is 120 Å². The minimum Gasteiger partial charge on any atom is -0.343 e. The lowest BCUT2D eigenvalue weighted by Gasteiger charge is -2.31. The fourth-order valence-corrected chi connectivity index (χ4v) is 4.83. The number of aromatic nitrogens is 1. The van der Waals surface area contributed by atoms with Crippen molar-refractivity contribution in [3.05, 3.63) is 54.2 Å². The van der Waals surface area contributed by atoms with Crippen molar-refractivity contribution < 1.29 is 18.0 Å². The molecule has 0 saturated heterocycles. The number of carbonyl (C=O) groups excluding carboxylic acids is 2. The van der Waals surface area contributed by atoms with Gasteiger partial charge in [-0.25, -0.2) is 18.1 Å². The number of benzene rings is 1. The first-order valence-electron chi connectivity index (χ1n) is 10.9. The predicted molar refractivity (Wildman–Crippen MR) is 126 cm³/mol. The summed E-state index contributed by atoms with van der Waals surface area (Å²) < 4.78 is 28.1. The number of anilines is 1. The number of hydrogen-bond acceptors (Lipinski definition) is 6. The maximum atomic E-state index is 13.7. The Morgan fingerprint density at radius 3 is 2.45 bits per heavy atom. The summed E-state index contributed by atoms with van der Waals surface area (Å²) >= 11 is 0. The standard InChI is InChI=1S/C23H31N5O4S/c1-15(2)20(27-22(29)16(3)24-4)23(30)28-18(13-17-9-8-12-25-21(17)28)14-26-33(31,32)19-10-6-5-7-11-19/h5-12,15-16,18,20,24,26H,13-14H2,1-4H3,(H,27,29)/t16-,18-,20-/m0/s1. The van der Waals surface area contributed by atoms with E-state index in [0.29, 0.717) is 12.2 Å². The maximum absolute atomic E-state index is 13.7. The summed E-state index contributed by atoms with van der Waals surface area (Å²) in [7, 11) is -2.07. The zero-order valence-corrected chi connectivity index (χ0v) is 20.1. The van der Waals surface area contributed by atoms with Gasteiger partial charge in [0.1, 0.15) is 11.9 Å². The summed E-state index contributed by atoms with van der Waals surface area (Å²) in [5, 5.41) is 5.70. The maximum Gasteiger partial charge on any atom is 0.251 e. The van der Waals surface area contributed by atoms with E-state index in [9.17, 15) is 18.0 Å². The van der Waals surface area contributed by atoms with Crippen molar-refractivity contribution in [1.82, 2.24) is 20.3 Å². The van der Waals surface area contributed by atoms with E-state index in [-0.39, 0.29) is 29.2 Å². The number of carbonyl (C=O) groups is 2. The monoisotopic (exact) mass is 473 g/mol. The molecular weight excluding hydrogens is 442 g/mol. The van der Waals surface area contributed by atoms with Gasteiger partial charge in [0.05, 0.1) is 17.0 Å². The fourth-order valence-electron chi connectivity index (χ4n) is 3.73. The molecule has 9 nitrogen and oxygen atoms in total. The molecule has 2 aromatic rings. The van der Waals surface area contributed by atoms with Crippen LogP contribution >= 0.6 is 0 Å². The van der Waals surface area contributed by atoms with Gasteiger partial charge in [-0.2, -0.15) is 0 Å². The number of likely N-dealkylation sites (N-methyl/N-ethyl adjacent to an activating group) is 1. The third-order valence-electron chi connectivity index (χ3n) is 5.77. The quantitative estimate of drug-likeness (QED) is 0.501. The van der Waals surface area contributed by atoms with Crippen molar-refractivity contribution in [2.45, 2.75) is 50.2 Å². The van der Waals surface area contributed by atoms with Gasteiger partial charge in [0, 0.05) is 12.7 Å². The first-order valence-corrected chi connectivity index (χ1v) is 12.4. The van der Waals surface area contributed by atoms with Crippen molar-refractivity contribution in [3.8, 4) is 0 Å². The highest BCUT2D eigenvalue weighted by Gasteiger charge is 2.40. The van der Waals surface area contributed by atoms with Crippen LogP contribution in [0.25, 0.3) is 0 Å². The summed E-state index contributed by atoms with van der Waals surface area (Å²) in [4.78, 5) is 32.2. The minimum atomic E-state index is -3.74. The van der Waals surface area contributed by atoms with Crippen LogP contribution < -0.4 is 20.3 Å². The van der Waals surface area contributed by atoms with E-state index < -0.39 is 28.1 Å². The number of nitrogens with one attached hydrogen (secondary N) is 3.